The standard InChI is InChI=1S/C17H32O6S/c1-5-8-10-21-13-12(18)14(16(19)20-4)23-17(24-7-3)15(13)22-11-9-6-2/h12-15,17-18H,5-11H2,1-4H3/t12-,13?,14?,15+,17+/m1/s1. The summed E-state index contributed by atoms with van der Waals surface area (Å²) in [4.78, 5) is 12.0. The maximum Gasteiger partial charge on any atom is 0.337 e. The third kappa shape index (κ3) is 6.19. The molecule has 0 spiro atoms. The topological polar surface area (TPSA) is 74.2 Å². The fourth-order valence-electron chi connectivity index (χ4n) is 2.53. The predicted molar refractivity (Wildman–Crippen MR) is 94.1 cm³/mol. The largest absolute Gasteiger partial charge is 0.467 e. The third-order valence-electron chi connectivity index (χ3n) is 3.90. The number of hydrogen-bond acceptors (Lipinski definition) is 7. The molecular weight excluding hydrogens is 332 g/mol. The van der Waals surface area contributed by atoms with Crippen LogP contribution in [0.25, 0.3) is 0 Å². The van der Waals surface area contributed by atoms with Crippen molar-refractivity contribution in [3.05, 3.63) is 0 Å². The molecule has 1 rings (SSSR count). The molecule has 7 heteroatoms. The van der Waals surface area contributed by atoms with Crippen LogP contribution in [0.3, 0.4) is 0 Å². The molecule has 1 saturated heterocycles. The van der Waals surface area contributed by atoms with Crippen molar-refractivity contribution in [1.82, 2.24) is 0 Å². The van der Waals surface area contributed by atoms with Crippen LogP contribution in [0.2, 0.25) is 0 Å². The van der Waals surface area contributed by atoms with Crippen molar-refractivity contribution in [3.63, 3.8) is 0 Å². The molecule has 2 unspecified atom stereocenters. The second kappa shape index (κ2) is 12.1. The van der Waals surface area contributed by atoms with Gasteiger partial charge in [0.15, 0.2) is 6.10 Å². The lowest BCUT2D eigenvalue weighted by atomic mass is 9.99. The molecule has 0 aromatic heterocycles. The van der Waals surface area contributed by atoms with E-state index in [1.807, 2.05) is 6.92 Å². The zero-order valence-corrected chi connectivity index (χ0v) is 16.0. The number of carbonyl (C=O) groups excluding carboxylic acids is 1. The molecule has 0 amide bonds. The Bertz CT molecular complexity index is 354. The van der Waals surface area contributed by atoms with E-state index in [1.165, 1.54) is 7.11 Å². The van der Waals surface area contributed by atoms with Crippen LogP contribution in [0.4, 0.5) is 0 Å². The zero-order valence-electron chi connectivity index (χ0n) is 15.2. The summed E-state index contributed by atoms with van der Waals surface area (Å²) in [7, 11) is 1.29. The average Bonchev–Trinajstić information content (AvgIpc) is 2.58. The molecule has 0 saturated carbocycles. The first-order valence-electron chi connectivity index (χ1n) is 8.86. The van der Waals surface area contributed by atoms with Crippen LogP contribution in [0.15, 0.2) is 0 Å². The monoisotopic (exact) mass is 364 g/mol. The third-order valence-corrected chi connectivity index (χ3v) is 4.94. The highest BCUT2D eigenvalue weighted by Crippen LogP contribution is 2.32. The fraction of sp³-hybridized carbons (Fsp3) is 0.941. The zero-order chi connectivity index (χ0) is 17.9. The van der Waals surface area contributed by atoms with E-state index >= 15 is 0 Å². The van der Waals surface area contributed by atoms with Gasteiger partial charge in [0.2, 0.25) is 0 Å². The number of methoxy groups -OCH3 is 1. The van der Waals surface area contributed by atoms with E-state index in [-0.39, 0.29) is 5.44 Å². The number of aliphatic hydroxyl groups is 1. The molecule has 1 heterocycles. The van der Waals surface area contributed by atoms with Crippen LogP contribution in [0, 0.1) is 0 Å². The highest BCUT2D eigenvalue weighted by molar-refractivity contribution is 7.99. The van der Waals surface area contributed by atoms with E-state index in [9.17, 15) is 9.90 Å². The first kappa shape index (κ1) is 21.7. The van der Waals surface area contributed by atoms with Gasteiger partial charge in [0.25, 0.3) is 0 Å². The molecule has 0 aliphatic carbocycles. The summed E-state index contributed by atoms with van der Waals surface area (Å²) in [5.74, 6) is 0.226. The highest BCUT2D eigenvalue weighted by Gasteiger charge is 2.49. The van der Waals surface area contributed by atoms with E-state index in [1.54, 1.807) is 11.8 Å². The number of carbonyl (C=O) groups is 1. The normalized spacial score (nSPS) is 30.3. The Hall–Kier alpha value is -0.340. The Balaban J connectivity index is 2.91. The second-order valence-electron chi connectivity index (χ2n) is 5.77. The van der Waals surface area contributed by atoms with Crippen molar-refractivity contribution in [1.29, 1.82) is 0 Å². The van der Waals surface area contributed by atoms with Crippen molar-refractivity contribution in [3.8, 4) is 0 Å². The number of ether oxygens (including phenoxy) is 4. The minimum Gasteiger partial charge on any atom is -0.467 e. The maximum absolute atomic E-state index is 12.0. The molecule has 5 atom stereocenters. The number of unbranched alkanes of at least 4 members (excludes halogenated alkanes) is 2. The summed E-state index contributed by atoms with van der Waals surface area (Å²) < 4.78 is 22.5. The van der Waals surface area contributed by atoms with E-state index in [0.717, 1.165) is 31.4 Å². The molecule has 142 valence electrons. The Kier molecular flexibility index (Phi) is 10.9. The van der Waals surface area contributed by atoms with E-state index in [2.05, 4.69) is 13.8 Å². The SMILES string of the molecule is CCCCOC1[C@@H](O)C(C(=O)OC)O[C@@H](SCC)[C@H]1OCCCC. The molecule has 1 N–H and O–H groups in total. The summed E-state index contributed by atoms with van der Waals surface area (Å²) in [6.45, 7) is 7.28. The lowest BCUT2D eigenvalue weighted by molar-refractivity contribution is -0.231. The van der Waals surface area contributed by atoms with Gasteiger partial charge in [0.05, 0.1) is 7.11 Å². The van der Waals surface area contributed by atoms with Crippen LogP contribution in [-0.2, 0) is 23.7 Å². The fourth-order valence-corrected chi connectivity index (χ4v) is 3.48. The van der Waals surface area contributed by atoms with Crippen LogP contribution >= 0.6 is 11.8 Å². The Labute approximate surface area is 149 Å². The van der Waals surface area contributed by atoms with Gasteiger partial charge < -0.3 is 24.1 Å². The molecule has 1 fully saturated rings. The van der Waals surface area contributed by atoms with Gasteiger partial charge in [-0.3, -0.25) is 0 Å². The van der Waals surface area contributed by atoms with Gasteiger partial charge in [-0.15, -0.1) is 11.8 Å². The van der Waals surface area contributed by atoms with Gasteiger partial charge in [-0.05, 0) is 18.6 Å². The van der Waals surface area contributed by atoms with Crippen LogP contribution in [0.5, 0.6) is 0 Å². The first-order chi connectivity index (χ1) is 11.6. The number of aliphatic hydroxyl groups excluding tert-OH is 1. The number of thioether (sulfide) groups is 1. The average molecular weight is 365 g/mol. The van der Waals surface area contributed by atoms with Crippen LogP contribution in [-0.4, -0.2) is 67.0 Å². The Morgan fingerprint density at radius 2 is 1.67 bits per heavy atom. The molecule has 0 bridgehead atoms. The smallest absolute Gasteiger partial charge is 0.337 e. The lowest BCUT2D eigenvalue weighted by Crippen LogP contribution is -2.60. The van der Waals surface area contributed by atoms with Gasteiger partial charge in [-0.25, -0.2) is 4.79 Å². The highest BCUT2D eigenvalue weighted by atomic mass is 32.2. The van der Waals surface area contributed by atoms with Gasteiger partial charge in [-0.1, -0.05) is 33.6 Å². The summed E-state index contributed by atoms with van der Waals surface area (Å²) in [6.07, 6.45) is 0.677. The molecule has 6 nitrogen and oxygen atoms in total. The molecule has 0 aromatic carbocycles. The molecule has 0 aromatic rings. The minimum absolute atomic E-state index is 0.369. The maximum atomic E-state index is 12.0. The lowest BCUT2D eigenvalue weighted by Gasteiger charge is -2.43. The van der Waals surface area contributed by atoms with E-state index in [0.29, 0.717) is 13.2 Å². The molecule has 0 radical (unpaired) electrons. The number of rotatable bonds is 11. The van der Waals surface area contributed by atoms with Crippen molar-refractivity contribution in [2.75, 3.05) is 26.1 Å². The van der Waals surface area contributed by atoms with Gasteiger partial charge >= 0.3 is 5.97 Å². The van der Waals surface area contributed by atoms with Crippen LogP contribution in [0.1, 0.15) is 46.5 Å². The Morgan fingerprint density at radius 1 is 1.08 bits per heavy atom. The summed E-state index contributed by atoms with van der Waals surface area (Å²) >= 11 is 1.55. The van der Waals surface area contributed by atoms with E-state index in [4.69, 9.17) is 18.9 Å². The van der Waals surface area contributed by atoms with Gasteiger partial charge in [0.1, 0.15) is 23.7 Å². The number of hydrogen-bond donors (Lipinski definition) is 1. The first-order valence-corrected chi connectivity index (χ1v) is 9.91. The van der Waals surface area contributed by atoms with Crippen molar-refractivity contribution in [2.45, 2.75) is 76.3 Å². The summed E-state index contributed by atoms with van der Waals surface area (Å²) in [5.41, 5.74) is -0.369. The van der Waals surface area contributed by atoms with Crippen molar-refractivity contribution in [2.24, 2.45) is 0 Å². The summed E-state index contributed by atoms with van der Waals surface area (Å²) in [6, 6.07) is 0. The van der Waals surface area contributed by atoms with Crippen molar-refractivity contribution >= 4 is 17.7 Å². The quantitative estimate of drug-likeness (QED) is 0.446. The number of esters is 1. The second-order valence-corrected chi connectivity index (χ2v) is 7.15. The van der Waals surface area contributed by atoms with Crippen molar-refractivity contribution < 1.29 is 28.8 Å². The van der Waals surface area contributed by atoms with Gasteiger partial charge in [0, 0.05) is 13.2 Å². The summed E-state index contributed by atoms with van der Waals surface area (Å²) in [5, 5.41) is 10.6. The van der Waals surface area contributed by atoms with Gasteiger partial charge in [-0.2, -0.15) is 0 Å². The molecule has 1 aliphatic heterocycles. The molecule has 24 heavy (non-hydrogen) atoms. The predicted octanol–water partition coefficient (Wildman–Crippen LogP) is 2.37. The Morgan fingerprint density at radius 3 is 2.17 bits per heavy atom. The molecular formula is C17H32O6S. The molecule has 1 aliphatic rings. The minimum atomic E-state index is -1.10. The van der Waals surface area contributed by atoms with Crippen LogP contribution < -0.4 is 0 Å². The van der Waals surface area contributed by atoms with E-state index < -0.39 is 30.4 Å².